The molecule has 0 atom stereocenters. The summed E-state index contributed by atoms with van der Waals surface area (Å²) in [6.07, 6.45) is 0. The first-order chi connectivity index (χ1) is 1.41. The van der Waals surface area contributed by atoms with Crippen molar-refractivity contribution in [3.63, 3.8) is 0 Å². The molecule has 0 amide bonds. The van der Waals surface area contributed by atoms with E-state index in [1.165, 1.54) is 0 Å². The van der Waals surface area contributed by atoms with Gasteiger partial charge in [-0.05, 0) is 0 Å². The number of carboxylic acid groups (broad SMARTS) is 1. The predicted octanol–water partition coefficient (Wildman–Crippen LogP) is -1.64. The molecule has 0 aliphatic rings. The summed E-state index contributed by atoms with van der Waals surface area (Å²) in [6.45, 7) is -0.500. The zero-order chi connectivity index (χ0) is 2.71. The quantitative estimate of drug-likeness (QED) is 0.283. The third kappa shape index (κ3) is 141. The minimum atomic E-state index is -0.500. The molecule has 0 aromatic rings. The van der Waals surface area contributed by atoms with E-state index in [1.54, 1.807) is 0 Å². The van der Waals surface area contributed by atoms with E-state index in [4.69, 9.17) is 9.90 Å². The third-order valence-corrected chi connectivity index (χ3v) is 0. The van der Waals surface area contributed by atoms with E-state index in [9.17, 15) is 0 Å². The molecule has 27 valence electrons. The second-order valence-electron chi connectivity index (χ2n) is 0.0962. The standard InChI is InChI=1S/CH2O2.H3N.Na/c2-1-3;;/h1H,(H,2,3);1H3;. The normalized spacial score (nSPS) is 2.40. The molecule has 0 spiro atoms. The van der Waals surface area contributed by atoms with Crippen molar-refractivity contribution < 1.29 is 9.90 Å². The van der Waals surface area contributed by atoms with Crippen LogP contribution < -0.4 is 11.3 Å². The van der Waals surface area contributed by atoms with Gasteiger partial charge in [0.05, 0.1) is 0 Å². The molecule has 4 heteroatoms. The summed E-state index contributed by atoms with van der Waals surface area (Å²) in [4.78, 5) is 8.25. The molecule has 0 aliphatic heterocycles. The van der Waals surface area contributed by atoms with Gasteiger partial charge in [0.2, 0.25) is 0 Å². The van der Waals surface area contributed by atoms with Gasteiger partial charge in [-0.25, -0.2) is 0 Å². The van der Waals surface area contributed by atoms with Crippen molar-refractivity contribution in [2.24, 2.45) is 0 Å². The molecule has 0 aliphatic carbocycles. The fourth-order valence-electron chi connectivity index (χ4n) is 0. The second kappa shape index (κ2) is 25.5. The van der Waals surface area contributed by atoms with Crippen LogP contribution in [0.15, 0.2) is 0 Å². The summed E-state index contributed by atoms with van der Waals surface area (Å²) < 4.78 is 0. The Labute approximate surface area is 52.2 Å². The Balaban J connectivity index is -0.0000000200. The van der Waals surface area contributed by atoms with Crippen molar-refractivity contribution >= 4 is 36.0 Å². The maximum Gasteiger partial charge on any atom is 0.0275 e. The van der Waals surface area contributed by atoms with Gasteiger partial charge in [0.15, 0.2) is 0 Å². The average Bonchev–Trinajstić information content (AvgIpc) is 0.918. The van der Waals surface area contributed by atoms with Crippen LogP contribution in [0.25, 0.3) is 0 Å². The Hall–Kier alpha value is 0.430. The summed E-state index contributed by atoms with van der Waals surface area (Å²) >= 11 is 0. The van der Waals surface area contributed by atoms with Gasteiger partial charge in [-0.3, -0.25) is 0 Å². The van der Waals surface area contributed by atoms with Crippen LogP contribution in [-0.2, 0) is 4.79 Å². The van der Waals surface area contributed by atoms with E-state index in [-0.39, 0.29) is 35.7 Å². The van der Waals surface area contributed by atoms with Gasteiger partial charge in [0.25, 0.3) is 0 Å². The number of quaternary nitrogens is 1. The van der Waals surface area contributed by atoms with Crippen molar-refractivity contribution in [1.82, 2.24) is 6.15 Å². The van der Waals surface area contributed by atoms with Gasteiger partial charge in [0.1, 0.15) is 0 Å². The fourth-order valence-corrected chi connectivity index (χ4v) is 0. The van der Waals surface area contributed by atoms with E-state index in [0.29, 0.717) is 0 Å². The number of carbonyl (C=O) groups excluding carboxylic acids is 1. The molecular weight excluding hydrogens is 81.0 g/mol. The molecule has 0 unspecified atom stereocenters. The van der Waals surface area contributed by atoms with Crippen molar-refractivity contribution in [1.29, 1.82) is 0 Å². The van der Waals surface area contributed by atoms with Crippen LogP contribution in [0.4, 0.5) is 0 Å². The maximum atomic E-state index is 8.25. The Morgan fingerprint density at radius 1 is 1.60 bits per heavy atom. The van der Waals surface area contributed by atoms with E-state index < -0.39 is 6.47 Å². The second-order valence-corrected chi connectivity index (χ2v) is 0.0962. The first-order valence-corrected chi connectivity index (χ1v) is 0.471. The summed E-state index contributed by atoms with van der Waals surface area (Å²) in [5, 5.41) is 8.25. The van der Waals surface area contributed by atoms with Crippen LogP contribution in [0.3, 0.4) is 0 Å². The van der Waals surface area contributed by atoms with Crippen LogP contribution >= 0.6 is 0 Å². The molecule has 0 rings (SSSR count). The number of carbonyl (C=O) groups is 1. The van der Waals surface area contributed by atoms with Crippen molar-refractivity contribution in [2.45, 2.75) is 0 Å². The molecule has 0 aromatic heterocycles. The Morgan fingerprint density at radius 2 is 1.60 bits per heavy atom. The predicted molar refractivity (Wildman–Crippen MR) is 17.8 cm³/mol. The van der Waals surface area contributed by atoms with Crippen LogP contribution in [0, 0.1) is 0 Å². The van der Waals surface area contributed by atoms with Crippen LogP contribution in [-0.4, -0.2) is 36.0 Å². The number of hydrogen-bond acceptors (Lipinski definition) is 2. The SMILES string of the molecule is O=C[O-].[NH4+].[Na]. The number of rotatable bonds is 0. The summed E-state index contributed by atoms with van der Waals surface area (Å²) in [5.41, 5.74) is 0. The zero-order valence-electron chi connectivity index (χ0n) is 3.39. The first kappa shape index (κ1) is 18.0. The fraction of sp³-hybridized carbons (Fsp3) is 0. The topological polar surface area (TPSA) is 76.6 Å². The van der Waals surface area contributed by atoms with E-state index in [2.05, 4.69) is 0 Å². The van der Waals surface area contributed by atoms with Gasteiger partial charge >= 0.3 is 0 Å². The van der Waals surface area contributed by atoms with Crippen LogP contribution in [0.2, 0.25) is 0 Å². The smallest absolute Gasteiger partial charge is 0.0275 e. The summed E-state index contributed by atoms with van der Waals surface area (Å²) in [5.74, 6) is 0. The van der Waals surface area contributed by atoms with Gasteiger partial charge in [0, 0.05) is 36.0 Å². The van der Waals surface area contributed by atoms with Gasteiger partial charge in [-0.2, -0.15) is 0 Å². The van der Waals surface area contributed by atoms with Crippen molar-refractivity contribution in [2.75, 3.05) is 0 Å². The molecule has 0 bridgehead atoms. The van der Waals surface area contributed by atoms with E-state index >= 15 is 0 Å². The Bertz CT molecular complexity index is 17.1. The molecule has 1 radical (unpaired) electrons. The van der Waals surface area contributed by atoms with Crippen molar-refractivity contribution in [3.05, 3.63) is 0 Å². The largest absolute Gasteiger partial charge is 0.554 e. The van der Waals surface area contributed by atoms with E-state index in [0.717, 1.165) is 0 Å². The number of hydrogen-bond donors (Lipinski definition) is 1. The molecule has 0 aromatic carbocycles. The van der Waals surface area contributed by atoms with Gasteiger partial charge < -0.3 is 16.1 Å². The van der Waals surface area contributed by atoms with Crippen LogP contribution in [0.5, 0.6) is 0 Å². The molecule has 0 fully saturated rings. The minimum Gasteiger partial charge on any atom is -0.554 e. The zero-order valence-corrected chi connectivity index (χ0v) is 5.39. The molecule has 0 heterocycles. The molecule has 5 heavy (non-hydrogen) atoms. The average molecular weight is 86.0 g/mol. The molecule has 0 saturated carbocycles. The Morgan fingerprint density at radius 3 is 1.60 bits per heavy atom. The van der Waals surface area contributed by atoms with E-state index in [1.807, 2.05) is 0 Å². The minimum absolute atomic E-state index is 0. The summed E-state index contributed by atoms with van der Waals surface area (Å²) in [6, 6.07) is 0. The monoisotopic (exact) mass is 86.0 g/mol. The Kier molecular flexibility index (Phi) is 92.0. The van der Waals surface area contributed by atoms with Gasteiger partial charge in [-0.15, -0.1) is 0 Å². The van der Waals surface area contributed by atoms with Crippen molar-refractivity contribution in [3.8, 4) is 0 Å². The maximum absolute atomic E-state index is 8.25. The van der Waals surface area contributed by atoms with Gasteiger partial charge in [-0.1, -0.05) is 0 Å². The molecule has 0 saturated heterocycles. The van der Waals surface area contributed by atoms with Crippen LogP contribution in [0.1, 0.15) is 0 Å². The third-order valence-electron chi connectivity index (χ3n) is 0. The molecular formula is CH5NNaO2. The summed E-state index contributed by atoms with van der Waals surface area (Å²) in [7, 11) is 0. The molecule has 4 N–H and O–H groups in total. The molecule has 3 nitrogen and oxygen atoms in total. The first-order valence-electron chi connectivity index (χ1n) is 0.471.